The van der Waals surface area contributed by atoms with Crippen LogP contribution in [-0.2, 0) is 17.7 Å². The maximum atomic E-state index is 14.0. The second-order valence-corrected chi connectivity index (χ2v) is 6.43. The molecule has 1 amide bonds. The summed E-state index contributed by atoms with van der Waals surface area (Å²) in [5, 5.41) is 0.810. The fraction of sp³-hybridized carbons (Fsp3) is 0.200. The quantitative estimate of drug-likeness (QED) is 0.703. The van der Waals surface area contributed by atoms with Gasteiger partial charge in [0.05, 0.1) is 18.2 Å². The number of methoxy groups -OCH3 is 1. The number of esters is 1. The average molecular weight is 370 g/mol. The molecule has 0 saturated heterocycles. The second kappa shape index (κ2) is 6.50. The van der Waals surface area contributed by atoms with Crippen molar-refractivity contribution in [3.05, 3.63) is 70.4 Å². The zero-order valence-electron chi connectivity index (χ0n) is 14.5. The van der Waals surface area contributed by atoms with E-state index in [1.165, 1.54) is 12.0 Å². The molecule has 3 aromatic rings. The lowest BCUT2D eigenvalue weighted by Gasteiger charge is -2.27. The van der Waals surface area contributed by atoms with Gasteiger partial charge in [0.2, 0.25) is 0 Å². The predicted octanol–water partition coefficient (Wildman–Crippen LogP) is 3.43. The van der Waals surface area contributed by atoms with Crippen molar-refractivity contribution in [1.29, 1.82) is 0 Å². The van der Waals surface area contributed by atoms with Gasteiger partial charge in [-0.05, 0) is 36.4 Å². The Labute approximate surface area is 153 Å². The number of ether oxygens (including phenoxy) is 1. The van der Waals surface area contributed by atoms with Crippen molar-refractivity contribution in [2.45, 2.75) is 13.0 Å². The van der Waals surface area contributed by atoms with Gasteiger partial charge in [-0.15, -0.1) is 0 Å². The summed E-state index contributed by atoms with van der Waals surface area (Å²) < 4.78 is 32.2. The van der Waals surface area contributed by atoms with Gasteiger partial charge in [0.15, 0.2) is 0 Å². The van der Waals surface area contributed by atoms with Crippen molar-refractivity contribution in [1.82, 2.24) is 9.88 Å². The Hall–Kier alpha value is -3.22. The van der Waals surface area contributed by atoms with E-state index in [-0.39, 0.29) is 12.1 Å². The maximum absolute atomic E-state index is 14.0. The first-order valence-corrected chi connectivity index (χ1v) is 8.44. The number of carbonyl (C=O) groups is 2. The van der Waals surface area contributed by atoms with Crippen LogP contribution in [0.5, 0.6) is 0 Å². The monoisotopic (exact) mass is 370 g/mol. The molecule has 0 aliphatic carbocycles. The Morgan fingerprint density at radius 3 is 2.74 bits per heavy atom. The normalized spacial score (nSPS) is 13.5. The fourth-order valence-electron chi connectivity index (χ4n) is 3.46. The third-order valence-electron chi connectivity index (χ3n) is 4.84. The zero-order valence-corrected chi connectivity index (χ0v) is 14.5. The molecule has 5 nitrogen and oxygen atoms in total. The number of carbonyl (C=O) groups excluding carboxylic acids is 2. The maximum Gasteiger partial charge on any atom is 0.337 e. The van der Waals surface area contributed by atoms with Crippen LogP contribution >= 0.6 is 0 Å². The molecule has 2 aromatic carbocycles. The summed E-state index contributed by atoms with van der Waals surface area (Å²) in [6, 6.07) is 8.02. The van der Waals surface area contributed by atoms with Gasteiger partial charge in [-0.25, -0.2) is 13.6 Å². The van der Waals surface area contributed by atoms with Gasteiger partial charge in [0.1, 0.15) is 11.6 Å². The van der Waals surface area contributed by atoms with Crippen molar-refractivity contribution in [2.24, 2.45) is 0 Å². The second-order valence-electron chi connectivity index (χ2n) is 6.43. The van der Waals surface area contributed by atoms with Gasteiger partial charge in [-0.1, -0.05) is 0 Å². The summed E-state index contributed by atoms with van der Waals surface area (Å²) in [5.41, 5.74) is 2.81. The Kier molecular flexibility index (Phi) is 4.14. The SMILES string of the molecule is COC(=O)c1ccc2[nH]c3c(c2c1)CN(C(=O)c1cc(F)ccc1F)CC3. The van der Waals surface area contributed by atoms with Crippen LogP contribution in [0.3, 0.4) is 0 Å². The molecule has 0 saturated carbocycles. The molecule has 4 rings (SSSR count). The fourth-order valence-corrected chi connectivity index (χ4v) is 3.46. The highest BCUT2D eigenvalue weighted by atomic mass is 19.1. The molecular formula is C20H16F2N2O3. The van der Waals surface area contributed by atoms with Gasteiger partial charge in [-0.2, -0.15) is 0 Å². The lowest BCUT2D eigenvalue weighted by molar-refractivity contribution is 0.0600. The number of amides is 1. The van der Waals surface area contributed by atoms with Crippen LogP contribution in [0.15, 0.2) is 36.4 Å². The zero-order chi connectivity index (χ0) is 19.1. The molecule has 1 aliphatic rings. The first-order valence-electron chi connectivity index (χ1n) is 8.44. The van der Waals surface area contributed by atoms with E-state index in [0.29, 0.717) is 18.5 Å². The topological polar surface area (TPSA) is 62.4 Å². The van der Waals surface area contributed by atoms with Crippen molar-refractivity contribution in [2.75, 3.05) is 13.7 Å². The number of rotatable bonds is 2. The van der Waals surface area contributed by atoms with E-state index in [0.717, 1.165) is 40.4 Å². The van der Waals surface area contributed by atoms with E-state index in [2.05, 4.69) is 4.98 Å². The Morgan fingerprint density at radius 1 is 1.15 bits per heavy atom. The van der Waals surface area contributed by atoms with Crippen LogP contribution < -0.4 is 0 Å². The number of fused-ring (bicyclic) bond motifs is 3. The van der Waals surface area contributed by atoms with Crippen LogP contribution in [0.1, 0.15) is 32.0 Å². The molecule has 27 heavy (non-hydrogen) atoms. The minimum Gasteiger partial charge on any atom is -0.465 e. The minimum atomic E-state index is -0.751. The first-order chi connectivity index (χ1) is 13.0. The number of halogens is 2. The molecular weight excluding hydrogens is 354 g/mol. The number of benzene rings is 2. The number of nitrogens with zero attached hydrogens (tertiary/aromatic N) is 1. The average Bonchev–Trinajstić information content (AvgIpc) is 3.05. The summed E-state index contributed by atoms with van der Waals surface area (Å²) >= 11 is 0. The van der Waals surface area contributed by atoms with Gasteiger partial charge in [0.25, 0.3) is 5.91 Å². The van der Waals surface area contributed by atoms with Gasteiger partial charge in [-0.3, -0.25) is 4.79 Å². The van der Waals surface area contributed by atoms with E-state index in [9.17, 15) is 18.4 Å². The van der Waals surface area contributed by atoms with Crippen LogP contribution in [-0.4, -0.2) is 35.4 Å². The highest BCUT2D eigenvalue weighted by Gasteiger charge is 2.27. The van der Waals surface area contributed by atoms with Gasteiger partial charge in [0, 0.05) is 41.7 Å². The number of hydrogen-bond donors (Lipinski definition) is 1. The van der Waals surface area contributed by atoms with Crippen molar-refractivity contribution in [3.8, 4) is 0 Å². The van der Waals surface area contributed by atoms with Crippen LogP contribution in [0.25, 0.3) is 10.9 Å². The highest BCUT2D eigenvalue weighted by Crippen LogP contribution is 2.29. The van der Waals surface area contributed by atoms with E-state index in [1.807, 2.05) is 0 Å². The molecule has 1 aromatic heterocycles. The number of aromatic nitrogens is 1. The number of aromatic amines is 1. The molecule has 0 unspecified atom stereocenters. The standard InChI is InChI=1S/C20H16F2N2O3/c1-27-20(26)11-2-5-17-13(8-11)15-10-24(7-6-18(15)23-17)19(25)14-9-12(21)3-4-16(14)22/h2-5,8-9,23H,6-7,10H2,1H3. The van der Waals surface area contributed by atoms with Gasteiger partial charge < -0.3 is 14.6 Å². The minimum absolute atomic E-state index is 0.245. The van der Waals surface area contributed by atoms with Crippen LogP contribution in [0.4, 0.5) is 8.78 Å². The Bertz CT molecular complexity index is 1070. The lowest BCUT2D eigenvalue weighted by atomic mass is 10.0. The molecule has 0 fully saturated rings. The summed E-state index contributed by atoms with van der Waals surface area (Å²) in [6.07, 6.45) is 0.556. The van der Waals surface area contributed by atoms with Crippen molar-refractivity contribution in [3.63, 3.8) is 0 Å². The van der Waals surface area contributed by atoms with Gasteiger partial charge >= 0.3 is 5.97 Å². The number of nitrogens with one attached hydrogen (secondary N) is 1. The summed E-state index contributed by atoms with van der Waals surface area (Å²) in [4.78, 5) is 29.3. The molecule has 1 N–H and O–H groups in total. The molecule has 0 atom stereocenters. The molecule has 0 bridgehead atoms. The smallest absolute Gasteiger partial charge is 0.337 e. The predicted molar refractivity (Wildman–Crippen MR) is 94.4 cm³/mol. The van der Waals surface area contributed by atoms with Crippen LogP contribution in [0, 0.1) is 11.6 Å². The number of H-pyrrole nitrogens is 1. The largest absolute Gasteiger partial charge is 0.465 e. The summed E-state index contributed by atoms with van der Waals surface area (Å²) in [5.74, 6) is -2.42. The molecule has 2 heterocycles. The van der Waals surface area contributed by atoms with E-state index < -0.39 is 23.5 Å². The molecule has 7 heteroatoms. The molecule has 1 aliphatic heterocycles. The summed E-state index contributed by atoms with van der Waals surface area (Å²) in [6.45, 7) is 0.632. The highest BCUT2D eigenvalue weighted by molar-refractivity contribution is 5.97. The van der Waals surface area contributed by atoms with Crippen molar-refractivity contribution < 1.29 is 23.1 Å². The van der Waals surface area contributed by atoms with E-state index >= 15 is 0 Å². The Morgan fingerprint density at radius 2 is 1.96 bits per heavy atom. The number of hydrogen-bond acceptors (Lipinski definition) is 3. The van der Waals surface area contributed by atoms with E-state index in [4.69, 9.17) is 4.74 Å². The summed E-state index contributed by atoms with van der Waals surface area (Å²) in [7, 11) is 1.31. The van der Waals surface area contributed by atoms with E-state index in [1.54, 1.807) is 18.2 Å². The Balaban J connectivity index is 1.70. The third-order valence-corrected chi connectivity index (χ3v) is 4.84. The first kappa shape index (κ1) is 17.2. The van der Waals surface area contributed by atoms with Crippen LogP contribution in [0.2, 0.25) is 0 Å². The molecule has 138 valence electrons. The van der Waals surface area contributed by atoms with Crippen molar-refractivity contribution >= 4 is 22.8 Å². The molecule has 0 spiro atoms. The molecule has 0 radical (unpaired) electrons. The third kappa shape index (κ3) is 2.95. The lowest BCUT2D eigenvalue weighted by Crippen LogP contribution is -2.36.